The highest BCUT2D eigenvalue weighted by Crippen LogP contribution is 2.56. The highest BCUT2D eigenvalue weighted by Gasteiger charge is 2.58. The number of methoxy groups -OCH3 is 1. The molecule has 0 heterocycles. The maximum atomic E-state index is 7.60. The van der Waals surface area contributed by atoms with Crippen LogP contribution in [0.1, 0.15) is 100 Å². The average molecular weight is 409 g/mol. The number of hydrogen-bond acceptors (Lipinski definition) is 2. The topological polar surface area (TPSA) is 18.5 Å². The van der Waals surface area contributed by atoms with Gasteiger partial charge in [-0.25, -0.2) is 0 Å². The smallest absolute Gasteiger partial charge is 0.200 e. The first-order chi connectivity index (χ1) is 13.2. The molecule has 0 radical (unpaired) electrons. The molecule has 0 unspecified atom stereocenters. The number of rotatable bonds is 9. The zero-order valence-corrected chi connectivity index (χ0v) is 21.3. The van der Waals surface area contributed by atoms with Crippen molar-refractivity contribution in [3.05, 3.63) is 11.6 Å². The molecular formula is C25H48O2Si. The molecule has 0 aromatic rings. The predicted molar refractivity (Wildman–Crippen MR) is 124 cm³/mol. The summed E-state index contributed by atoms with van der Waals surface area (Å²) in [4.78, 5) is 0. The molecule has 0 amide bonds. The van der Waals surface area contributed by atoms with Crippen molar-refractivity contribution < 1.29 is 9.16 Å². The monoisotopic (exact) mass is 408 g/mol. The Balaban J connectivity index is 2.55. The van der Waals surface area contributed by atoms with E-state index < -0.39 is 8.32 Å². The van der Waals surface area contributed by atoms with Crippen molar-refractivity contribution in [1.82, 2.24) is 0 Å². The second-order valence-electron chi connectivity index (χ2n) is 10.4. The quantitative estimate of drug-likeness (QED) is 0.285. The van der Waals surface area contributed by atoms with Crippen LogP contribution in [-0.2, 0) is 9.16 Å². The third-order valence-corrected chi connectivity index (χ3v) is 14.6. The van der Waals surface area contributed by atoms with Crippen LogP contribution in [0.2, 0.25) is 16.6 Å². The highest BCUT2D eigenvalue weighted by atomic mass is 28.4. The van der Waals surface area contributed by atoms with E-state index >= 15 is 0 Å². The normalized spacial score (nSPS) is 28.4. The van der Waals surface area contributed by atoms with Crippen molar-refractivity contribution in [2.45, 2.75) is 129 Å². The van der Waals surface area contributed by atoms with E-state index in [2.05, 4.69) is 61.5 Å². The molecule has 164 valence electrons. The standard InChI is InChI=1S/C25H48O2Si/c1-10-25(11-2)23(26-9)17-22(21-15-13-12-14-16-21)24(25)27-28(18(3)4,19(5)6)20(7)8/h15,18-20,22-24H,10-14,16-17H2,1-9H3/t22-,23-,24-/m0/s1. The molecule has 1 saturated carbocycles. The maximum absolute atomic E-state index is 7.60. The Kier molecular flexibility index (Phi) is 8.44. The van der Waals surface area contributed by atoms with E-state index in [1.54, 1.807) is 5.57 Å². The third-order valence-electron chi connectivity index (χ3n) is 8.48. The SMILES string of the molecule is CCC1(CC)[C@@H](OC)C[C@@H](C2=CCCCC2)[C@@H]1O[Si](C(C)C)(C(C)C)C(C)C. The van der Waals surface area contributed by atoms with E-state index in [0.717, 1.165) is 19.3 Å². The van der Waals surface area contributed by atoms with Crippen LogP contribution in [0.15, 0.2) is 11.6 Å². The van der Waals surface area contributed by atoms with Gasteiger partial charge in [-0.05, 0) is 61.6 Å². The minimum atomic E-state index is -1.94. The van der Waals surface area contributed by atoms with Gasteiger partial charge in [-0.15, -0.1) is 0 Å². The Labute approximate surface area is 177 Å². The highest BCUT2D eigenvalue weighted by molar-refractivity contribution is 6.77. The summed E-state index contributed by atoms with van der Waals surface area (Å²) in [7, 11) is -0.0164. The molecule has 0 aliphatic heterocycles. The van der Waals surface area contributed by atoms with Gasteiger partial charge in [-0.1, -0.05) is 67.0 Å². The van der Waals surface area contributed by atoms with Crippen LogP contribution in [-0.4, -0.2) is 27.6 Å². The Morgan fingerprint density at radius 1 is 1.00 bits per heavy atom. The summed E-state index contributed by atoms with van der Waals surface area (Å²) in [6.07, 6.45) is 11.9. The Hall–Kier alpha value is -0.123. The molecule has 3 atom stereocenters. The molecule has 0 aromatic heterocycles. The molecule has 3 heteroatoms. The minimum Gasteiger partial charge on any atom is -0.412 e. The number of allylic oxidation sites excluding steroid dienone is 1. The lowest BCUT2D eigenvalue weighted by atomic mass is 9.74. The Morgan fingerprint density at radius 2 is 1.57 bits per heavy atom. The molecule has 0 spiro atoms. The molecule has 0 N–H and O–H groups in total. The summed E-state index contributed by atoms with van der Waals surface area (Å²) in [5.74, 6) is 0.549. The summed E-state index contributed by atoms with van der Waals surface area (Å²) in [5.41, 5.74) is 3.71. The number of ether oxygens (including phenoxy) is 1. The van der Waals surface area contributed by atoms with Crippen LogP contribution in [0.3, 0.4) is 0 Å². The fourth-order valence-corrected chi connectivity index (χ4v) is 12.6. The minimum absolute atomic E-state index is 0.147. The first-order valence-electron chi connectivity index (χ1n) is 12.1. The fraction of sp³-hybridized carbons (Fsp3) is 0.920. The van der Waals surface area contributed by atoms with Crippen molar-refractivity contribution in [2.24, 2.45) is 11.3 Å². The lowest BCUT2D eigenvalue weighted by molar-refractivity contribution is -0.0499. The predicted octanol–water partition coefficient (Wildman–Crippen LogP) is 7.89. The second kappa shape index (κ2) is 9.79. The van der Waals surface area contributed by atoms with Crippen molar-refractivity contribution >= 4 is 8.32 Å². The molecule has 2 aliphatic rings. The van der Waals surface area contributed by atoms with Crippen LogP contribution in [0.5, 0.6) is 0 Å². The average Bonchev–Trinajstić information content (AvgIpc) is 2.99. The van der Waals surface area contributed by atoms with E-state index in [1.165, 1.54) is 25.7 Å². The molecule has 28 heavy (non-hydrogen) atoms. The van der Waals surface area contributed by atoms with Crippen molar-refractivity contribution in [2.75, 3.05) is 7.11 Å². The second-order valence-corrected chi connectivity index (χ2v) is 15.8. The van der Waals surface area contributed by atoms with Gasteiger partial charge in [-0.2, -0.15) is 0 Å². The van der Waals surface area contributed by atoms with Gasteiger partial charge < -0.3 is 9.16 Å². The van der Waals surface area contributed by atoms with Gasteiger partial charge in [-0.3, -0.25) is 0 Å². The van der Waals surface area contributed by atoms with Gasteiger partial charge >= 0.3 is 0 Å². The summed E-state index contributed by atoms with van der Waals surface area (Å²) in [6.45, 7) is 19.3. The zero-order chi connectivity index (χ0) is 21.1. The summed E-state index contributed by atoms with van der Waals surface area (Å²) in [5, 5.41) is 0. The van der Waals surface area contributed by atoms with Gasteiger partial charge in [0.25, 0.3) is 0 Å². The molecule has 2 rings (SSSR count). The first kappa shape index (κ1) is 24.1. The van der Waals surface area contributed by atoms with Crippen LogP contribution >= 0.6 is 0 Å². The summed E-state index contributed by atoms with van der Waals surface area (Å²) in [6, 6.07) is 0. The lowest BCUT2D eigenvalue weighted by Gasteiger charge is -2.50. The largest absolute Gasteiger partial charge is 0.412 e. The molecule has 0 bridgehead atoms. The molecular weight excluding hydrogens is 360 g/mol. The zero-order valence-electron chi connectivity index (χ0n) is 20.3. The van der Waals surface area contributed by atoms with Gasteiger partial charge in [0.05, 0.1) is 12.2 Å². The van der Waals surface area contributed by atoms with E-state index in [-0.39, 0.29) is 5.41 Å². The first-order valence-corrected chi connectivity index (χ1v) is 14.2. The molecule has 0 aromatic carbocycles. The van der Waals surface area contributed by atoms with Gasteiger partial charge in [0.15, 0.2) is 0 Å². The van der Waals surface area contributed by atoms with Crippen molar-refractivity contribution in [3.63, 3.8) is 0 Å². The third kappa shape index (κ3) is 4.05. The van der Waals surface area contributed by atoms with Crippen LogP contribution in [0, 0.1) is 11.3 Å². The van der Waals surface area contributed by atoms with Crippen LogP contribution in [0.25, 0.3) is 0 Å². The lowest BCUT2D eigenvalue weighted by Crippen LogP contribution is -2.55. The van der Waals surface area contributed by atoms with E-state index in [4.69, 9.17) is 9.16 Å². The van der Waals surface area contributed by atoms with Gasteiger partial charge in [0, 0.05) is 18.4 Å². The number of hydrogen-bond donors (Lipinski definition) is 0. The van der Waals surface area contributed by atoms with Crippen molar-refractivity contribution in [1.29, 1.82) is 0 Å². The van der Waals surface area contributed by atoms with E-state index in [0.29, 0.717) is 34.7 Å². The molecule has 0 saturated heterocycles. The summed E-state index contributed by atoms with van der Waals surface area (Å²) >= 11 is 0. The Bertz CT molecular complexity index is 497. The molecule has 1 fully saturated rings. The molecule has 2 nitrogen and oxygen atoms in total. The Morgan fingerprint density at radius 3 is 1.96 bits per heavy atom. The molecule has 2 aliphatic carbocycles. The van der Waals surface area contributed by atoms with Crippen LogP contribution < -0.4 is 0 Å². The van der Waals surface area contributed by atoms with E-state index in [9.17, 15) is 0 Å². The van der Waals surface area contributed by atoms with Crippen molar-refractivity contribution in [3.8, 4) is 0 Å². The summed E-state index contributed by atoms with van der Waals surface area (Å²) < 4.78 is 13.8. The van der Waals surface area contributed by atoms with E-state index in [1.807, 2.05) is 7.11 Å². The van der Waals surface area contributed by atoms with Crippen LogP contribution in [0.4, 0.5) is 0 Å². The van der Waals surface area contributed by atoms with Gasteiger partial charge in [0.2, 0.25) is 8.32 Å². The maximum Gasteiger partial charge on any atom is 0.200 e. The fourth-order valence-electron chi connectivity index (χ4n) is 6.98. The van der Waals surface area contributed by atoms with Gasteiger partial charge in [0.1, 0.15) is 0 Å².